The highest BCUT2D eigenvalue weighted by atomic mass is 79.9. The van der Waals surface area contributed by atoms with Crippen LogP contribution in [0.3, 0.4) is 0 Å². The summed E-state index contributed by atoms with van der Waals surface area (Å²) in [4.78, 5) is 27.9. The molecule has 6 nitrogen and oxygen atoms in total. The van der Waals surface area contributed by atoms with Crippen molar-refractivity contribution < 1.29 is 19.8 Å². The summed E-state index contributed by atoms with van der Waals surface area (Å²) in [6.07, 6.45) is 1.53. The molecule has 0 radical (unpaired) electrons. The Morgan fingerprint density at radius 3 is 2.39 bits per heavy atom. The number of carbonyl (C=O) groups excluding carboxylic acids is 2. The second-order valence-electron chi connectivity index (χ2n) is 5.56. The van der Waals surface area contributed by atoms with Gasteiger partial charge < -0.3 is 20.0 Å². The fourth-order valence-corrected chi connectivity index (χ4v) is 4.73. The number of phenolic OH excluding ortho intramolecular Hbond substituents is 2. The molecule has 0 aliphatic carbocycles. The zero-order valence-electron chi connectivity index (χ0n) is 11.9. The van der Waals surface area contributed by atoms with Gasteiger partial charge in [-0.1, -0.05) is 0 Å². The van der Waals surface area contributed by atoms with Gasteiger partial charge in [0.15, 0.2) is 11.5 Å². The van der Waals surface area contributed by atoms with Gasteiger partial charge in [0.1, 0.15) is 12.6 Å². The highest BCUT2D eigenvalue weighted by molar-refractivity contribution is 9.13. The van der Waals surface area contributed by atoms with E-state index >= 15 is 0 Å². The molecular weight excluding hydrogens is 500 g/mol. The van der Waals surface area contributed by atoms with E-state index in [9.17, 15) is 19.8 Å². The van der Waals surface area contributed by atoms with Crippen LogP contribution < -0.4 is 0 Å². The topological polar surface area (TPSA) is 81.1 Å². The van der Waals surface area contributed by atoms with Crippen LogP contribution in [0.15, 0.2) is 13.4 Å². The number of rotatable bonds is 2. The maximum atomic E-state index is 12.6. The van der Waals surface area contributed by atoms with Crippen molar-refractivity contribution in [3.63, 3.8) is 0 Å². The molecule has 2 saturated heterocycles. The summed E-state index contributed by atoms with van der Waals surface area (Å²) in [6, 6.07) is -0.372. The van der Waals surface area contributed by atoms with Gasteiger partial charge in [-0.15, -0.1) is 0 Å². The molecule has 2 aliphatic rings. The third kappa shape index (κ3) is 2.76. The molecule has 1 aromatic rings. The third-order valence-corrected chi connectivity index (χ3v) is 7.24. The summed E-state index contributed by atoms with van der Waals surface area (Å²) in [5.74, 6) is -0.741. The first-order valence-corrected chi connectivity index (χ1v) is 9.36. The zero-order chi connectivity index (χ0) is 16.9. The molecule has 2 fully saturated rings. The Bertz CT molecular complexity index is 681. The molecule has 2 aliphatic heterocycles. The van der Waals surface area contributed by atoms with Crippen LogP contribution in [0.25, 0.3) is 0 Å². The van der Waals surface area contributed by atoms with Crippen molar-refractivity contribution in [3.05, 3.63) is 19.0 Å². The van der Waals surface area contributed by atoms with Gasteiger partial charge in [-0.25, -0.2) is 0 Å². The molecular formula is C14H13Br3N2O4. The minimum absolute atomic E-state index is 0.0213. The Morgan fingerprint density at radius 2 is 1.70 bits per heavy atom. The molecule has 2 N–H and O–H groups in total. The number of halogens is 3. The summed E-state index contributed by atoms with van der Waals surface area (Å²) in [6.45, 7) is 0.817. The lowest BCUT2D eigenvalue weighted by molar-refractivity contribution is -0.154. The summed E-state index contributed by atoms with van der Waals surface area (Å²) in [7, 11) is 0. The predicted octanol–water partition coefficient (Wildman–Crippen LogP) is 2.72. The summed E-state index contributed by atoms with van der Waals surface area (Å²) in [5, 5.41) is 19.8. The number of phenols is 2. The number of piperazine rings is 1. The van der Waals surface area contributed by atoms with Crippen molar-refractivity contribution >= 4 is 59.6 Å². The van der Waals surface area contributed by atoms with Crippen molar-refractivity contribution in [3.8, 4) is 11.5 Å². The van der Waals surface area contributed by atoms with Crippen molar-refractivity contribution in [1.82, 2.24) is 9.80 Å². The van der Waals surface area contributed by atoms with Crippen LogP contribution >= 0.6 is 47.8 Å². The van der Waals surface area contributed by atoms with E-state index in [4.69, 9.17) is 0 Å². The molecule has 2 heterocycles. The molecule has 1 atom stereocenters. The molecule has 0 spiro atoms. The van der Waals surface area contributed by atoms with E-state index in [1.807, 2.05) is 0 Å². The number of aromatic hydroxyl groups is 2. The normalized spacial score (nSPS) is 21.1. The Kier molecular flexibility index (Phi) is 4.63. The lowest BCUT2D eigenvalue weighted by Gasteiger charge is -2.36. The average molecular weight is 513 g/mol. The fraction of sp³-hybridized carbons (Fsp3) is 0.429. The van der Waals surface area contributed by atoms with Crippen molar-refractivity contribution in [1.29, 1.82) is 0 Å². The lowest BCUT2D eigenvalue weighted by Crippen LogP contribution is -2.56. The van der Waals surface area contributed by atoms with Crippen molar-refractivity contribution in [2.45, 2.75) is 25.4 Å². The Labute approximate surface area is 157 Å². The van der Waals surface area contributed by atoms with Gasteiger partial charge >= 0.3 is 0 Å². The molecule has 0 aromatic heterocycles. The smallest absolute Gasteiger partial charge is 0.246 e. The van der Waals surface area contributed by atoms with E-state index in [0.717, 1.165) is 6.42 Å². The molecule has 2 amide bonds. The number of benzene rings is 1. The number of carbonyl (C=O) groups is 2. The van der Waals surface area contributed by atoms with E-state index < -0.39 is 0 Å². The predicted molar refractivity (Wildman–Crippen MR) is 93.0 cm³/mol. The summed E-state index contributed by atoms with van der Waals surface area (Å²) in [5.41, 5.74) is 0.583. The first-order valence-electron chi connectivity index (χ1n) is 6.98. The van der Waals surface area contributed by atoms with Gasteiger partial charge in [-0.3, -0.25) is 9.59 Å². The minimum atomic E-state index is -0.372. The van der Waals surface area contributed by atoms with Gasteiger partial charge in [-0.05, 0) is 60.6 Å². The van der Waals surface area contributed by atoms with Crippen LogP contribution in [0.1, 0.15) is 18.4 Å². The molecule has 1 aromatic carbocycles. The Hall–Kier alpha value is -0.800. The number of hydrogen-bond acceptors (Lipinski definition) is 4. The van der Waals surface area contributed by atoms with Gasteiger partial charge in [0.2, 0.25) is 11.8 Å². The highest BCUT2D eigenvalue weighted by Crippen LogP contribution is 2.47. The average Bonchev–Trinajstić information content (AvgIpc) is 3.02. The molecule has 23 heavy (non-hydrogen) atoms. The Balaban J connectivity index is 1.93. The highest BCUT2D eigenvalue weighted by Gasteiger charge is 2.42. The van der Waals surface area contributed by atoms with Crippen LogP contribution in [0.2, 0.25) is 0 Å². The van der Waals surface area contributed by atoms with Gasteiger partial charge in [-0.2, -0.15) is 0 Å². The first kappa shape index (κ1) is 17.0. The molecule has 0 saturated carbocycles. The van der Waals surface area contributed by atoms with Crippen LogP contribution in [-0.2, 0) is 16.1 Å². The third-order valence-electron chi connectivity index (χ3n) is 4.21. The van der Waals surface area contributed by atoms with E-state index in [1.165, 1.54) is 4.90 Å². The largest absolute Gasteiger partial charge is 0.503 e. The van der Waals surface area contributed by atoms with Crippen molar-refractivity contribution in [2.75, 3.05) is 13.1 Å². The van der Waals surface area contributed by atoms with E-state index in [1.54, 1.807) is 4.90 Å². The van der Waals surface area contributed by atoms with E-state index in [2.05, 4.69) is 47.8 Å². The maximum absolute atomic E-state index is 12.6. The molecule has 0 bridgehead atoms. The monoisotopic (exact) mass is 510 g/mol. The van der Waals surface area contributed by atoms with Crippen LogP contribution in [0, 0.1) is 0 Å². The second kappa shape index (κ2) is 6.25. The summed E-state index contributed by atoms with van der Waals surface area (Å²) < 4.78 is 1.11. The number of hydrogen-bond donors (Lipinski definition) is 2. The second-order valence-corrected chi connectivity index (χ2v) is 7.94. The van der Waals surface area contributed by atoms with Gasteiger partial charge in [0.25, 0.3) is 0 Å². The fourth-order valence-electron chi connectivity index (χ4n) is 3.01. The minimum Gasteiger partial charge on any atom is -0.503 e. The quantitative estimate of drug-likeness (QED) is 0.472. The van der Waals surface area contributed by atoms with E-state index in [0.29, 0.717) is 31.9 Å². The number of nitrogens with zero attached hydrogens (tertiary/aromatic N) is 2. The Morgan fingerprint density at radius 1 is 1.04 bits per heavy atom. The van der Waals surface area contributed by atoms with Crippen LogP contribution in [0.5, 0.6) is 11.5 Å². The van der Waals surface area contributed by atoms with Gasteiger partial charge in [0.05, 0.1) is 8.95 Å². The van der Waals surface area contributed by atoms with Gasteiger partial charge in [0, 0.05) is 23.1 Å². The molecule has 1 unspecified atom stereocenters. The SMILES string of the molecule is O=C1C2CCCN2C(=O)CN1Cc1c(Br)c(O)c(O)c(Br)c1Br. The molecule has 124 valence electrons. The van der Waals surface area contributed by atoms with Crippen molar-refractivity contribution in [2.24, 2.45) is 0 Å². The zero-order valence-corrected chi connectivity index (χ0v) is 16.6. The standard InChI is InChI=1S/C14H13Br3N2O4/c15-9-6(10(16)12(21)13(22)11(9)17)4-18-5-8(20)19-3-1-2-7(19)14(18)23/h7,21-22H,1-5H2. The van der Waals surface area contributed by atoms with Crippen LogP contribution in [-0.4, -0.2) is 51.0 Å². The van der Waals surface area contributed by atoms with Crippen LogP contribution in [0.4, 0.5) is 0 Å². The maximum Gasteiger partial charge on any atom is 0.246 e. The first-order chi connectivity index (χ1) is 10.8. The lowest BCUT2D eigenvalue weighted by atomic mass is 10.1. The number of amides is 2. The summed E-state index contributed by atoms with van der Waals surface area (Å²) >= 11 is 9.79. The molecule has 3 rings (SSSR count). The molecule has 9 heteroatoms. The van der Waals surface area contributed by atoms with E-state index in [-0.39, 0.29) is 42.4 Å². The number of fused-ring (bicyclic) bond motifs is 1.